The van der Waals surface area contributed by atoms with Gasteiger partial charge in [-0.05, 0) is 0 Å². The number of rotatable bonds is 4. The Labute approximate surface area is 115 Å². The standard InChI is InChI=1S/C10H12ClN3O4S/c1-18-9-4-12-3-8(13-9)14-5-7(2-10(14)15)6-19(11,16)17/h3-4,7H,2,5-6H2,1H3. The lowest BCUT2D eigenvalue weighted by Crippen LogP contribution is -2.26. The maximum Gasteiger partial charge on any atom is 0.234 e. The van der Waals surface area contributed by atoms with Gasteiger partial charge in [0.15, 0.2) is 5.82 Å². The molecule has 1 aromatic heterocycles. The SMILES string of the molecule is COc1cncc(N2CC(CS(=O)(=O)Cl)CC2=O)n1. The molecule has 1 fully saturated rings. The zero-order valence-electron chi connectivity index (χ0n) is 10.1. The Balaban J connectivity index is 2.15. The van der Waals surface area contributed by atoms with E-state index < -0.39 is 9.05 Å². The van der Waals surface area contributed by atoms with Crippen molar-refractivity contribution in [3.63, 3.8) is 0 Å². The van der Waals surface area contributed by atoms with Crippen molar-refractivity contribution in [3.8, 4) is 5.88 Å². The lowest BCUT2D eigenvalue weighted by Gasteiger charge is -2.15. The number of halogens is 1. The summed E-state index contributed by atoms with van der Waals surface area (Å²) in [5.41, 5.74) is 0. The molecule has 0 N–H and O–H groups in total. The average Bonchev–Trinajstić information content (AvgIpc) is 2.68. The van der Waals surface area contributed by atoms with Crippen molar-refractivity contribution in [2.24, 2.45) is 5.92 Å². The van der Waals surface area contributed by atoms with Crippen molar-refractivity contribution in [2.45, 2.75) is 6.42 Å². The van der Waals surface area contributed by atoms with Gasteiger partial charge in [0.25, 0.3) is 0 Å². The number of methoxy groups -OCH3 is 1. The van der Waals surface area contributed by atoms with Crippen LogP contribution in [0.1, 0.15) is 6.42 Å². The molecule has 1 saturated heterocycles. The normalized spacial score (nSPS) is 19.8. The molecule has 0 radical (unpaired) electrons. The first-order valence-electron chi connectivity index (χ1n) is 5.48. The summed E-state index contributed by atoms with van der Waals surface area (Å²) in [5, 5.41) is 0. The molecule has 19 heavy (non-hydrogen) atoms. The minimum atomic E-state index is -3.62. The van der Waals surface area contributed by atoms with Crippen LogP contribution < -0.4 is 9.64 Å². The quantitative estimate of drug-likeness (QED) is 0.748. The van der Waals surface area contributed by atoms with Crippen LogP contribution in [0.15, 0.2) is 12.4 Å². The molecule has 104 valence electrons. The first-order chi connectivity index (χ1) is 8.89. The summed E-state index contributed by atoms with van der Waals surface area (Å²) in [6.45, 7) is 0.257. The van der Waals surface area contributed by atoms with Gasteiger partial charge in [-0.1, -0.05) is 0 Å². The van der Waals surface area contributed by atoms with Crippen LogP contribution in [0.5, 0.6) is 5.88 Å². The summed E-state index contributed by atoms with van der Waals surface area (Å²) in [4.78, 5) is 21.2. The van der Waals surface area contributed by atoms with E-state index in [2.05, 4.69) is 9.97 Å². The molecule has 1 unspecified atom stereocenters. The van der Waals surface area contributed by atoms with Crippen molar-refractivity contribution < 1.29 is 17.9 Å². The maximum absolute atomic E-state index is 11.9. The molecule has 2 heterocycles. The highest BCUT2D eigenvalue weighted by Gasteiger charge is 2.34. The number of carbonyl (C=O) groups is 1. The highest BCUT2D eigenvalue weighted by atomic mass is 35.7. The highest BCUT2D eigenvalue weighted by Crippen LogP contribution is 2.25. The van der Waals surface area contributed by atoms with Gasteiger partial charge in [-0.25, -0.2) is 8.42 Å². The minimum absolute atomic E-state index is 0.130. The molecular formula is C10H12ClN3O4S. The third kappa shape index (κ3) is 3.54. The third-order valence-corrected chi connectivity index (χ3v) is 3.97. The van der Waals surface area contributed by atoms with Crippen molar-refractivity contribution in [3.05, 3.63) is 12.4 Å². The Bertz CT molecular complexity index is 592. The van der Waals surface area contributed by atoms with Gasteiger partial charge < -0.3 is 4.74 Å². The van der Waals surface area contributed by atoms with Crippen LogP contribution in [-0.4, -0.2) is 43.7 Å². The molecule has 1 aliphatic heterocycles. The Morgan fingerprint density at radius 2 is 2.26 bits per heavy atom. The van der Waals surface area contributed by atoms with Crippen molar-refractivity contribution in [2.75, 3.05) is 24.3 Å². The van der Waals surface area contributed by atoms with E-state index in [1.54, 1.807) is 0 Å². The fourth-order valence-electron chi connectivity index (χ4n) is 1.96. The molecule has 1 aromatic rings. The number of aromatic nitrogens is 2. The third-order valence-electron chi connectivity index (χ3n) is 2.73. The molecule has 2 rings (SSSR count). The highest BCUT2D eigenvalue weighted by molar-refractivity contribution is 8.13. The van der Waals surface area contributed by atoms with Gasteiger partial charge >= 0.3 is 0 Å². The average molecular weight is 306 g/mol. The van der Waals surface area contributed by atoms with Gasteiger partial charge in [0.05, 0.1) is 25.3 Å². The first-order valence-corrected chi connectivity index (χ1v) is 7.95. The molecule has 1 amide bonds. The molecule has 9 heteroatoms. The number of anilines is 1. The summed E-state index contributed by atoms with van der Waals surface area (Å²) >= 11 is 0. The number of carbonyl (C=O) groups excluding carboxylic acids is 1. The Morgan fingerprint density at radius 1 is 1.53 bits per heavy atom. The molecule has 0 aliphatic carbocycles. The Morgan fingerprint density at radius 3 is 2.89 bits per heavy atom. The maximum atomic E-state index is 11.9. The predicted molar refractivity (Wildman–Crippen MR) is 68.7 cm³/mol. The fraction of sp³-hybridized carbons (Fsp3) is 0.500. The van der Waals surface area contributed by atoms with Gasteiger partial charge in [0, 0.05) is 29.6 Å². The number of hydrogen-bond acceptors (Lipinski definition) is 6. The van der Waals surface area contributed by atoms with E-state index in [1.165, 1.54) is 24.4 Å². The molecular weight excluding hydrogens is 294 g/mol. The van der Waals surface area contributed by atoms with Gasteiger partial charge in [0.1, 0.15) is 0 Å². The lowest BCUT2D eigenvalue weighted by molar-refractivity contribution is -0.117. The van der Waals surface area contributed by atoms with Gasteiger partial charge in [-0.3, -0.25) is 14.7 Å². The van der Waals surface area contributed by atoms with Gasteiger partial charge in [-0.2, -0.15) is 4.98 Å². The van der Waals surface area contributed by atoms with Crippen molar-refractivity contribution in [1.29, 1.82) is 0 Å². The van der Waals surface area contributed by atoms with Crippen LogP contribution in [0.4, 0.5) is 5.82 Å². The fourth-order valence-corrected chi connectivity index (χ4v) is 3.28. The second-order valence-corrected chi connectivity index (χ2v) is 7.02. The molecule has 0 spiro atoms. The first kappa shape index (κ1) is 14.0. The van der Waals surface area contributed by atoms with Crippen molar-refractivity contribution >= 4 is 31.5 Å². The molecule has 0 aromatic carbocycles. The summed E-state index contributed by atoms with van der Waals surface area (Å²) in [7, 11) is 3.03. The van der Waals surface area contributed by atoms with Crippen LogP contribution in [0.2, 0.25) is 0 Å². The molecule has 7 nitrogen and oxygen atoms in total. The Hall–Kier alpha value is -1.41. The van der Waals surface area contributed by atoms with E-state index >= 15 is 0 Å². The smallest absolute Gasteiger partial charge is 0.234 e. The predicted octanol–water partition coefficient (Wildman–Crippen LogP) is 0.407. The zero-order chi connectivity index (χ0) is 14.0. The topological polar surface area (TPSA) is 89.5 Å². The van der Waals surface area contributed by atoms with Crippen LogP contribution in [0.25, 0.3) is 0 Å². The van der Waals surface area contributed by atoms with Crippen LogP contribution in [-0.2, 0) is 13.8 Å². The van der Waals surface area contributed by atoms with E-state index in [4.69, 9.17) is 15.4 Å². The van der Waals surface area contributed by atoms with E-state index in [1.807, 2.05) is 0 Å². The van der Waals surface area contributed by atoms with Crippen molar-refractivity contribution in [1.82, 2.24) is 9.97 Å². The minimum Gasteiger partial charge on any atom is -0.480 e. The summed E-state index contributed by atoms with van der Waals surface area (Å²) in [6.07, 6.45) is 2.98. The monoisotopic (exact) mass is 305 g/mol. The van der Waals surface area contributed by atoms with E-state index in [0.29, 0.717) is 11.7 Å². The molecule has 1 atom stereocenters. The summed E-state index contributed by atoms with van der Waals surface area (Å²) in [6, 6.07) is 0. The largest absolute Gasteiger partial charge is 0.480 e. The second kappa shape index (κ2) is 5.30. The van der Waals surface area contributed by atoms with Gasteiger partial charge in [0.2, 0.25) is 20.8 Å². The van der Waals surface area contributed by atoms with E-state index in [9.17, 15) is 13.2 Å². The zero-order valence-corrected chi connectivity index (χ0v) is 11.7. The number of amides is 1. The molecule has 0 bridgehead atoms. The number of nitrogens with zero attached hydrogens (tertiary/aromatic N) is 3. The van der Waals surface area contributed by atoms with E-state index in [-0.39, 0.29) is 30.5 Å². The number of hydrogen-bond donors (Lipinski definition) is 0. The number of ether oxygens (including phenoxy) is 1. The van der Waals surface area contributed by atoms with Gasteiger partial charge in [-0.15, -0.1) is 0 Å². The van der Waals surface area contributed by atoms with Crippen LogP contribution in [0, 0.1) is 5.92 Å². The van der Waals surface area contributed by atoms with E-state index in [0.717, 1.165) is 0 Å². The summed E-state index contributed by atoms with van der Waals surface area (Å²) < 4.78 is 27.0. The molecule has 1 aliphatic rings. The van der Waals surface area contributed by atoms with Crippen LogP contribution >= 0.6 is 10.7 Å². The lowest BCUT2D eigenvalue weighted by atomic mass is 10.1. The van der Waals surface area contributed by atoms with Crippen LogP contribution in [0.3, 0.4) is 0 Å². The summed E-state index contributed by atoms with van der Waals surface area (Å²) in [5.74, 6) is -0.123. The molecule has 0 saturated carbocycles. The Kier molecular flexibility index (Phi) is 3.91. The second-order valence-electron chi connectivity index (χ2n) is 4.20.